The van der Waals surface area contributed by atoms with Crippen LogP contribution in [0.2, 0.25) is 0 Å². The summed E-state index contributed by atoms with van der Waals surface area (Å²) in [5.41, 5.74) is 0. The van der Waals surface area contributed by atoms with E-state index in [4.69, 9.17) is 5.11 Å². The van der Waals surface area contributed by atoms with Crippen molar-refractivity contribution in [2.75, 3.05) is 13.1 Å². The third-order valence-electron chi connectivity index (χ3n) is 4.32. The molecule has 0 bridgehead atoms. The Labute approximate surface area is 105 Å². The van der Waals surface area contributed by atoms with Crippen LogP contribution < -0.4 is 0 Å². The van der Waals surface area contributed by atoms with Gasteiger partial charge in [0.1, 0.15) is 0 Å². The molecule has 0 aliphatic carbocycles. The van der Waals surface area contributed by atoms with E-state index in [-0.39, 0.29) is 5.92 Å². The lowest BCUT2D eigenvalue weighted by Gasteiger charge is -2.29. The number of carbonyl (C=O) groups is 1. The summed E-state index contributed by atoms with van der Waals surface area (Å²) < 4.78 is 0. The number of hydrogen-bond acceptors (Lipinski definition) is 2. The molecular weight excluding hydrogens is 214 g/mol. The van der Waals surface area contributed by atoms with Crippen molar-refractivity contribution in [3.05, 3.63) is 0 Å². The van der Waals surface area contributed by atoms with Gasteiger partial charge in [0, 0.05) is 19.1 Å². The molecule has 0 spiro atoms. The normalized spacial score (nSPS) is 29.2. The number of carboxylic acid groups (broad SMARTS) is 1. The van der Waals surface area contributed by atoms with Gasteiger partial charge in [0.2, 0.25) is 0 Å². The van der Waals surface area contributed by atoms with Gasteiger partial charge in [-0.05, 0) is 24.7 Å². The van der Waals surface area contributed by atoms with Crippen LogP contribution >= 0.6 is 0 Å². The number of aliphatic carboxylic acids is 1. The van der Waals surface area contributed by atoms with E-state index in [0.29, 0.717) is 12.0 Å². The molecule has 4 atom stereocenters. The Kier molecular flexibility index (Phi) is 5.44. The predicted molar refractivity (Wildman–Crippen MR) is 70.0 cm³/mol. The number of nitrogens with zero attached hydrogens (tertiary/aromatic N) is 1. The third-order valence-corrected chi connectivity index (χ3v) is 4.32. The quantitative estimate of drug-likeness (QED) is 0.777. The van der Waals surface area contributed by atoms with Crippen LogP contribution in [0.5, 0.6) is 0 Å². The standard InChI is InChI=1S/C14H27NO2/c1-5-10(3)7-12(6-2)15-8-11(4)13(9-15)14(16)17/h10-13H,5-9H2,1-4H3,(H,16,17)/t10?,11-,12?,13-/m1/s1. The maximum absolute atomic E-state index is 11.1. The highest BCUT2D eigenvalue weighted by Gasteiger charge is 2.37. The van der Waals surface area contributed by atoms with Crippen molar-refractivity contribution < 1.29 is 9.90 Å². The van der Waals surface area contributed by atoms with Crippen LogP contribution in [0.15, 0.2) is 0 Å². The second-order valence-electron chi connectivity index (χ2n) is 5.69. The van der Waals surface area contributed by atoms with Crippen molar-refractivity contribution in [2.45, 2.75) is 53.0 Å². The Bertz CT molecular complexity index is 255. The smallest absolute Gasteiger partial charge is 0.308 e. The van der Waals surface area contributed by atoms with Crippen LogP contribution in [-0.4, -0.2) is 35.1 Å². The van der Waals surface area contributed by atoms with Gasteiger partial charge in [-0.3, -0.25) is 9.69 Å². The summed E-state index contributed by atoms with van der Waals surface area (Å²) in [5.74, 6) is 0.233. The Morgan fingerprint density at radius 3 is 2.41 bits per heavy atom. The lowest BCUT2D eigenvalue weighted by molar-refractivity contribution is -0.142. The molecule has 1 heterocycles. The van der Waals surface area contributed by atoms with E-state index in [0.717, 1.165) is 25.4 Å². The van der Waals surface area contributed by atoms with E-state index in [1.54, 1.807) is 0 Å². The SMILES string of the molecule is CCC(C)CC(CC)N1C[C@@H](C)[C@H](C(=O)O)C1. The highest BCUT2D eigenvalue weighted by atomic mass is 16.4. The predicted octanol–water partition coefficient (Wildman–Crippen LogP) is 2.85. The van der Waals surface area contributed by atoms with Crippen LogP contribution in [0.4, 0.5) is 0 Å². The molecule has 0 aromatic heterocycles. The maximum Gasteiger partial charge on any atom is 0.308 e. The highest BCUT2D eigenvalue weighted by molar-refractivity contribution is 5.71. The molecule has 0 saturated carbocycles. The molecular formula is C14H27NO2. The van der Waals surface area contributed by atoms with E-state index < -0.39 is 5.97 Å². The first-order chi connectivity index (χ1) is 7.99. The molecule has 0 aromatic carbocycles. The molecule has 1 fully saturated rings. The Morgan fingerprint density at radius 1 is 1.35 bits per heavy atom. The zero-order valence-corrected chi connectivity index (χ0v) is 11.6. The minimum atomic E-state index is -0.626. The summed E-state index contributed by atoms with van der Waals surface area (Å²) in [7, 11) is 0. The van der Waals surface area contributed by atoms with Crippen LogP contribution in [-0.2, 0) is 4.79 Å². The van der Waals surface area contributed by atoms with Gasteiger partial charge in [0.25, 0.3) is 0 Å². The number of rotatable bonds is 6. The fraction of sp³-hybridized carbons (Fsp3) is 0.929. The van der Waals surface area contributed by atoms with Crippen LogP contribution in [0.3, 0.4) is 0 Å². The largest absolute Gasteiger partial charge is 0.481 e. The zero-order chi connectivity index (χ0) is 13.0. The van der Waals surface area contributed by atoms with Gasteiger partial charge >= 0.3 is 5.97 Å². The first kappa shape index (κ1) is 14.5. The molecule has 1 aliphatic rings. The minimum absolute atomic E-state index is 0.166. The fourth-order valence-electron chi connectivity index (χ4n) is 2.83. The molecule has 0 radical (unpaired) electrons. The van der Waals surface area contributed by atoms with Gasteiger partial charge in [-0.2, -0.15) is 0 Å². The monoisotopic (exact) mass is 241 g/mol. The fourth-order valence-corrected chi connectivity index (χ4v) is 2.83. The van der Waals surface area contributed by atoms with E-state index >= 15 is 0 Å². The molecule has 0 amide bonds. The highest BCUT2D eigenvalue weighted by Crippen LogP contribution is 2.28. The summed E-state index contributed by atoms with van der Waals surface area (Å²) in [6.07, 6.45) is 3.54. The average Bonchev–Trinajstić information content (AvgIpc) is 2.67. The number of likely N-dealkylation sites (tertiary alicyclic amines) is 1. The van der Waals surface area contributed by atoms with Crippen LogP contribution in [0.25, 0.3) is 0 Å². The van der Waals surface area contributed by atoms with Crippen molar-refractivity contribution in [1.29, 1.82) is 0 Å². The van der Waals surface area contributed by atoms with E-state index in [1.165, 1.54) is 12.8 Å². The molecule has 3 nitrogen and oxygen atoms in total. The summed E-state index contributed by atoms with van der Waals surface area (Å²) in [5, 5.41) is 9.16. The van der Waals surface area contributed by atoms with Crippen molar-refractivity contribution in [3.8, 4) is 0 Å². The van der Waals surface area contributed by atoms with Gasteiger partial charge in [0.05, 0.1) is 5.92 Å². The number of hydrogen-bond donors (Lipinski definition) is 1. The summed E-state index contributed by atoms with van der Waals surface area (Å²) >= 11 is 0. The first-order valence-corrected chi connectivity index (χ1v) is 6.96. The summed E-state index contributed by atoms with van der Waals surface area (Å²) in [6, 6.07) is 0.566. The molecule has 1 rings (SSSR count). The Balaban J connectivity index is 2.57. The van der Waals surface area contributed by atoms with Crippen molar-refractivity contribution in [2.24, 2.45) is 17.8 Å². The van der Waals surface area contributed by atoms with Crippen molar-refractivity contribution in [1.82, 2.24) is 4.90 Å². The minimum Gasteiger partial charge on any atom is -0.481 e. The maximum atomic E-state index is 11.1. The lowest BCUT2D eigenvalue weighted by atomic mass is 9.97. The van der Waals surface area contributed by atoms with Crippen LogP contribution in [0, 0.1) is 17.8 Å². The van der Waals surface area contributed by atoms with E-state index in [9.17, 15) is 4.79 Å². The molecule has 17 heavy (non-hydrogen) atoms. The third kappa shape index (κ3) is 3.70. The first-order valence-electron chi connectivity index (χ1n) is 6.96. The Hall–Kier alpha value is -0.570. The van der Waals surface area contributed by atoms with Gasteiger partial charge in [-0.15, -0.1) is 0 Å². The van der Waals surface area contributed by atoms with Crippen molar-refractivity contribution in [3.63, 3.8) is 0 Å². The van der Waals surface area contributed by atoms with Gasteiger partial charge in [0.15, 0.2) is 0 Å². The molecule has 1 saturated heterocycles. The molecule has 100 valence electrons. The topological polar surface area (TPSA) is 40.5 Å². The van der Waals surface area contributed by atoms with Gasteiger partial charge in [-0.1, -0.05) is 34.1 Å². The lowest BCUT2D eigenvalue weighted by Crippen LogP contribution is -2.35. The van der Waals surface area contributed by atoms with E-state index in [2.05, 4.69) is 32.6 Å². The van der Waals surface area contributed by atoms with Gasteiger partial charge in [-0.25, -0.2) is 0 Å². The second-order valence-corrected chi connectivity index (χ2v) is 5.69. The summed E-state index contributed by atoms with van der Waals surface area (Å²) in [4.78, 5) is 13.5. The summed E-state index contributed by atoms with van der Waals surface area (Å²) in [6.45, 7) is 10.5. The van der Waals surface area contributed by atoms with Crippen LogP contribution in [0.1, 0.15) is 47.0 Å². The van der Waals surface area contributed by atoms with Gasteiger partial charge < -0.3 is 5.11 Å². The van der Waals surface area contributed by atoms with E-state index in [1.807, 2.05) is 0 Å². The molecule has 0 aromatic rings. The number of carboxylic acids is 1. The molecule has 1 aliphatic heterocycles. The zero-order valence-electron chi connectivity index (χ0n) is 11.6. The Morgan fingerprint density at radius 2 is 2.00 bits per heavy atom. The van der Waals surface area contributed by atoms with Crippen molar-refractivity contribution >= 4 is 5.97 Å². The second kappa shape index (κ2) is 6.39. The average molecular weight is 241 g/mol. The molecule has 1 N–H and O–H groups in total. The molecule has 3 heteroatoms. The molecule has 2 unspecified atom stereocenters.